The van der Waals surface area contributed by atoms with Gasteiger partial charge in [0.25, 0.3) is 0 Å². The van der Waals surface area contributed by atoms with Crippen LogP contribution in [0.4, 0.5) is 0 Å². The molecule has 0 fully saturated rings. The van der Waals surface area contributed by atoms with Gasteiger partial charge in [0, 0.05) is 12.2 Å². The monoisotopic (exact) mass is 346 g/mol. The van der Waals surface area contributed by atoms with Gasteiger partial charge in [-0.15, -0.1) is 0 Å². The zero-order valence-electron chi connectivity index (χ0n) is 15.7. The number of hydrogen-bond acceptors (Lipinski definition) is 2. The van der Waals surface area contributed by atoms with E-state index in [0.29, 0.717) is 12.5 Å². The maximum Gasteiger partial charge on any atom is 0.137 e. The van der Waals surface area contributed by atoms with Gasteiger partial charge in [-0.3, -0.25) is 0 Å². The number of benzene rings is 2. The third kappa shape index (κ3) is 4.50. The van der Waals surface area contributed by atoms with Crippen LogP contribution in [0.15, 0.2) is 60.8 Å². The van der Waals surface area contributed by atoms with E-state index in [1.807, 2.05) is 19.2 Å². The summed E-state index contributed by atoms with van der Waals surface area (Å²) >= 11 is 0. The van der Waals surface area contributed by atoms with E-state index >= 15 is 0 Å². The molecule has 3 aromatic rings. The molecule has 0 aliphatic heterocycles. The molecule has 1 heterocycles. The largest absolute Gasteiger partial charge is 0.378 e. The Kier molecular flexibility index (Phi) is 6.03. The van der Waals surface area contributed by atoms with Gasteiger partial charge in [0.05, 0.1) is 18.5 Å². The Balaban J connectivity index is 1.72. The van der Waals surface area contributed by atoms with Crippen molar-refractivity contribution < 1.29 is 4.74 Å². The molecular formula is C23H26N2O. The Labute approximate surface area is 155 Å². The summed E-state index contributed by atoms with van der Waals surface area (Å²) < 4.78 is 5.31. The third-order valence-corrected chi connectivity index (χ3v) is 4.38. The van der Waals surface area contributed by atoms with Crippen LogP contribution in [0.2, 0.25) is 0 Å². The Bertz CT molecular complexity index is 843. The Hall–Kier alpha value is -2.65. The summed E-state index contributed by atoms with van der Waals surface area (Å²) in [7, 11) is 0. The molecule has 0 amide bonds. The van der Waals surface area contributed by atoms with Crippen molar-refractivity contribution in [1.29, 1.82) is 0 Å². The molecule has 0 aliphatic rings. The normalized spacial score (nSPS) is 11.5. The lowest BCUT2D eigenvalue weighted by molar-refractivity contribution is 0.178. The summed E-state index contributed by atoms with van der Waals surface area (Å²) in [6, 6.07) is 17.0. The van der Waals surface area contributed by atoms with Gasteiger partial charge in [-0.1, -0.05) is 74.5 Å². The number of rotatable bonds is 7. The van der Waals surface area contributed by atoms with Crippen molar-refractivity contribution in [3.05, 3.63) is 71.9 Å². The van der Waals surface area contributed by atoms with Crippen LogP contribution < -0.4 is 0 Å². The number of hydrogen-bond donors (Lipinski definition) is 1. The van der Waals surface area contributed by atoms with Crippen molar-refractivity contribution in [3.63, 3.8) is 0 Å². The predicted molar refractivity (Wildman–Crippen MR) is 109 cm³/mol. The first-order valence-electron chi connectivity index (χ1n) is 9.17. The minimum Gasteiger partial charge on any atom is -0.378 e. The highest BCUT2D eigenvalue weighted by molar-refractivity contribution is 5.65. The van der Waals surface area contributed by atoms with Crippen LogP contribution in [0.1, 0.15) is 37.8 Å². The molecule has 0 unspecified atom stereocenters. The first-order chi connectivity index (χ1) is 12.7. The molecule has 1 N–H and O–H groups in total. The summed E-state index contributed by atoms with van der Waals surface area (Å²) in [5.41, 5.74) is 5.78. The smallest absolute Gasteiger partial charge is 0.137 e. The number of ether oxygens (including phenoxy) is 1. The van der Waals surface area contributed by atoms with Crippen LogP contribution in [-0.4, -0.2) is 23.2 Å². The van der Waals surface area contributed by atoms with Gasteiger partial charge < -0.3 is 9.72 Å². The van der Waals surface area contributed by atoms with Crippen molar-refractivity contribution in [2.45, 2.75) is 26.7 Å². The number of aromatic amines is 1. The Morgan fingerprint density at radius 2 is 1.69 bits per heavy atom. The zero-order valence-corrected chi connectivity index (χ0v) is 15.7. The maximum absolute atomic E-state index is 5.31. The lowest BCUT2D eigenvalue weighted by Crippen LogP contribution is -1.88. The maximum atomic E-state index is 5.31. The molecule has 0 saturated carbocycles. The number of aromatic nitrogens is 2. The average Bonchev–Trinajstić information content (AvgIpc) is 3.16. The molecule has 3 nitrogen and oxygen atoms in total. The van der Waals surface area contributed by atoms with Gasteiger partial charge in [-0.05, 0) is 29.5 Å². The van der Waals surface area contributed by atoms with Crippen molar-refractivity contribution >= 4 is 6.08 Å². The van der Waals surface area contributed by atoms with E-state index in [0.717, 1.165) is 34.8 Å². The highest BCUT2D eigenvalue weighted by Gasteiger charge is 2.06. The quantitative estimate of drug-likeness (QED) is 0.539. The zero-order chi connectivity index (χ0) is 18.4. The standard InChI is InChI=1S/C23H26N2O/c1-4-26-15-5-6-18-7-9-21(10-8-18)23-24-16-22(25-23)20-13-11-19(12-14-20)17(2)3/h5-14,16-17H,4,15H2,1-3H3,(H,24,25). The van der Waals surface area contributed by atoms with E-state index in [4.69, 9.17) is 4.74 Å². The van der Waals surface area contributed by atoms with Gasteiger partial charge >= 0.3 is 0 Å². The van der Waals surface area contributed by atoms with Crippen LogP contribution in [0.3, 0.4) is 0 Å². The van der Waals surface area contributed by atoms with E-state index in [9.17, 15) is 0 Å². The predicted octanol–water partition coefficient (Wildman–Crippen LogP) is 5.92. The van der Waals surface area contributed by atoms with Gasteiger partial charge in [0.1, 0.15) is 5.82 Å². The fourth-order valence-corrected chi connectivity index (χ4v) is 2.78. The highest BCUT2D eigenvalue weighted by Crippen LogP contribution is 2.24. The van der Waals surface area contributed by atoms with Gasteiger partial charge in [0.2, 0.25) is 0 Å². The summed E-state index contributed by atoms with van der Waals surface area (Å²) in [6.07, 6.45) is 6.00. The van der Waals surface area contributed by atoms with Gasteiger partial charge in [-0.2, -0.15) is 0 Å². The summed E-state index contributed by atoms with van der Waals surface area (Å²) in [5.74, 6) is 1.43. The van der Waals surface area contributed by atoms with E-state index in [2.05, 4.69) is 78.4 Å². The lowest BCUT2D eigenvalue weighted by Gasteiger charge is -2.05. The number of H-pyrrole nitrogens is 1. The van der Waals surface area contributed by atoms with Gasteiger partial charge in [0.15, 0.2) is 0 Å². The van der Waals surface area contributed by atoms with Crippen molar-refractivity contribution in [3.8, 4) is 22.6 Å². The topological polar surface area (TPSA) is 37.9 Å². The summed E-state index contributed by atoms with van der Waals surface area (Å²) in [5, 5.41) is 0. The molecule has 0 aliphatic carbocycles. The van der Waals surface area contributed by atoms with E-state index in [-0.39, 0.29) is 0 Å². The molecule has 1 aromatic heterocycles. The number of nitrogens with zero attached hydrogens (tertiary/aromatic N) is 1. The Morgan fingerprint density at radius 1 is 1.00 bits per heavy atom. The molecule has 2 aromatic carbocycles. The van der Waals surface area contributed by atoms with E-state index in [1.165, 1.54) is 5.56 Å². The number of imidazole rings is 1. The minimum atomic E-state index is 0.544. The second-order valence-electron chi connectivity index (χ2n) is 6.61. The lowest BCUT2D eigenvalue weighted by atomic mass is 10.0. The van der Waals surface area contributed by atoms with Gasteiger partial charge in [-0.25, -0.2) is 4.98 Å². The SMILES string of the molecule is CCOCC=Cc1ccc(-c2ncc(-c3ccc(C(C)C)cc3)[nH]2)cc1. The third-order valence-electron chi connectivity index (χ3n) is 4.38. The molecule has 0 spiro atoms. The molecule has 0 atom stereocenters. The van der Waals surface area contributed by atoms with Crippen LogP contribution in [-0.2, 0) is 4.74 Å². The molecule has 3 rings (SSSR count). The summed E-state index contributed by atoms with van der Waals surface area (Å²) in [4.78, 5) is 7.97. The van der Waals surface area contributed by atoms with Crippen LogP contribution in [0.5, 0.6) is 0 Å². The van der Waals surface area contributed by atoms with Crippen molar-refractivity contribution in [2.24, 2.45) is 0 Å². The average molecular weight is 346 g/mol. The van der Waals surface area contributed by atoms with Crippen LogP contribution in [0.25, 0.3) is 28.7 Å². The molecule has 134 valence electrons. The number of nitrogens with one attached hydrogen (secondary N) is 1. The molecule has 0 bridgehead atoms. The minimum absolute atomic E-state index is 0.544. The second kappa shape index (κ2) is 8.63. The molecule has 26 heavy (non-hydrogen) atoms. The van der Waals surface area contributed by atoms with E-state index in [1.54, 1.807) is 0 Å². The molecular weight excluding hydrogens is 320 g/mol. The van der Waals surface area contributed by atoms with E-state index < -0.39 is 0 Å². The molecule has 0 saturated heterocycles. The Morgan fingerprint density at radius 3 is 2.35 bits per heavy atom. The second-order valence-corrected chi connectivity index (χ2v) is 6.61. The molecule has 0 radical (unpaired) electrons. The summed E-state index contributed by atoms with van der Waals surface area (Å²) in [6.45, 7) is 7.80. The van der Waals surface area contributed by atoms with Crippen molar-refractivity contribution in [1.82, 2.24) is 9.97 Å². The van der Waals surface area contributed by atoms with Crippen molar-refractivity contribution in [2.75, 3.05) is 13.2 Å². The van der Waals surface area contributed by atoms with Crippen LogP contribution in [0, 0.1) is 0 Å². The fraction of sp³-hybridized carbons (Fsp3) is 0.261. The first kappa shape index (κ1) is 18.2. The fourth-order valence-electron chi connectivity index (χ4n) is 2.78. The van der Waals surface area contributed by atoms with Crippen LogP contribution >= 0.6 is 0 Å². The highest BCUT2D eigenvalue weighted by atomic mass is 16.5. The first-order valence-corrected chi connectivity index (χ1v) is 9.17. The molecule has 3 heteroatoms.